The average Bonchev–Trinajstić information content (AvgIpc) is 3.26. The summed E-state index contributed by atoms with van der Waals surface area (Å²) in [6.07, 6.45) is 2.23. The van der Waals surface area contributed by atoms with E-state index < -0.39 is 6.04 Å². The second kappa shape index (κ2) is 6.99. The molecule has 0 radical (unpaired) electrons. The number of nitrogens with zero attached hydrogens (tertiary/aromatic N) is 3. The third-order valence-electron chi connectivity index (χ3n) is 5.04. The summed E-state index contributed by atoms with van der Waals surface area (Å²) in [5.74, 6) is 1.34. The van der Waals surface area contributed by atoms with Gasteiger partial charge < -0.3 is 14.3 Å². The van der Waals surface area contributed by atoms with Gasteiger partial charge in [0.1, 0.15) is 23.1 Å². The van der Waals surface area contributed by atoms with Crippen LogP contribution in [0.1, 0.15) is 30.9 Å². The molecule has 0 aliphatic heterocycles. The molecule has 0 unspecified atom stereocenters. The van der Waals surface area contributed by atoms with Gasteiger partial charge in [0.05, 0.1) is 18.3 Å². The number of hydrogen-bond donors (Lipinski definition) is 1. The van der Waals surface area contributed by atoms with E-state index in [0.29, 0.717) is 24.2 Å². The van der Waals surface area contributed by atoms with Crippen molar-refractivity contribution in [1.82, 2.24) is 19.7 Å². The van der Waals surface area contributed by atoms with Crippen LogP contribution in [0, 0.1) is 6.92 Å². The predicted octanol–water partition coefficient (Wildman–Crippen LogP) is 3.06. The number of furan rings is 1. The molecule has 144 valence electrons. The van der Waals surface area contributed by atoms with Gasteiger partial charge in [-0.05, 0) is 31.5 Å². The van der Waals surface area contributed by atoms with Gasteiger partial charge in [0.15, 0.2) is 0 Å². The molecule has 1 aromatic carbocycles. The number of carbonyl (C=O) groups is 1. The molecule has 1 amide bonds. The number of amides is 1. The molecule has 28 heavy (non-hydrogen) atoms. The van der Waals surface area contributed by atoms with Crippen molar-refractivity contribution < 1.29 is 9.21 Å². The Morgan fingerprint density at radius 1 is 1.21 bits per heavy atom. The zero-order valence-corrected chi connectivity index (χ0v) is 16.1. The molecule has 0 aliphatic carbocycles. The summed E-state index contributed by atoms with van der Waals surface area (Å²) >= 11 is 0. The number of para-hydroxylation sites is 1. The second-order valence-corrected chi connectivity index (χ2v) is 6.88. The van der Waals surface area contributed by atoms with E-state index in [-0.39, 0.29) is 11.5 Å². The van der Waals surface area contributed by atoms with Gasteiger partial charge in [-0.25, -0.2) is 4.68 Å². The quantitative estimate of drug-likeness (QED) is 0.579. The fourth-order valence-electron chi connectivity index (χ4n) is 3.67. The number of rotatable bonds is 5. The predicted molar refractivity (Wildman–Crippen MR) is 107 cm³/mol. The molecule has 0 saturated heterocycles. The summed E-state index contributed by atoms with van der Waals surface area (Å²) in [5, 5.41) is 8.76. The van der Waals surface area contributed by atoms with Crippen LogP contribution in [-0.4, -0.2) is 20.3 Å². The number of hydrogen-bond acceptors (Lipinski definition) is 4. The van der Waals surface area contributed by atoms with Crippen molar-refractivity contribution in [3.63, 3.8) is 0 Å². The molecule has 7 nitrogen and oxygen atoms in total. The lowest BCUT2D eigenvalue weighted by molar-refractivity contribution is -0.124. The topological polar surface area (TPSA) is 82.1 Å². The minimum Gasteiger partial charge on any atom is -0.465 e. The third-order valence-corrected chi connectivity index (χ3v) is 5.04. The monoisotopic (exact) mass is 378 g/mol. The summed E-state index contributed by atoms with van der Waals surface area (Å²) in [4.78, 5) is 25.9. The van der Waals surface area contributed by atoms with E-state index >= 15 is 0 Å². The highest BCUT2D eigenvalue weighted by molar-refractivity contribution is 6.08. The van der Waals surface area contributed by atoms with Crippen molar-refractivity contribution in [2.24, 2.45) is 7.05 Å². The van der Waals surface area contributed by atoms with E-state index in [1.807, 2.05) is 54.8 Å². The Morgan fingerprint density at radius 2 is 2.00 bits per heavy atom. The molecule has 4 rings (SSSR count). The smallest absolute Gasteiger partial charge is 0.291 e. The van der Waals surface area contributed by atoms with Gasteiger partial charge in [-0.1, -0.05) is 25.1 Å². The zero-order chi connectivity index (χ0) is 19.8. The van der Waals surface area contributed by atoms with Crippen LogP contribution in [0.25, 0.3) is 21.8 Å². The van der Waals surface area contributed by atoms with Crippen LogP contribution in [0.3, 0.4) is 0 Å². The number of fused-ring (bicyclic) bond motifs is 3. The minimum atomic E-state index is -0.520. The van der Waals surface area contributed by atoms with Crippen LogP contribution < -0.4 is 10.9 Å². The highest BCUT2D eigenvalue weighted by Gasteiger charge is 2.25. The Bertz CT molecular complexity index is 1230. The van der Waals surface area contributed by atoms with Crippen LogP contribution in [0.15, 0.2) is 51.8 Å². The Kier molecular flexibility index (Phi) is 4.50. The molecule has 7 heteroatoms. The summed E-state index contributed by atoms with van der Waals surface area (Å²) in [6, 6.07) is 10.9. The van der Waals surface area contributed by atoms with Gasteiger partial charge in [0.2, 0.25) is 5.91 Å². The molecule has 0 aliphatic rings. The number of aromatic nitrogens is 3. The van der Waals surface area contributed by atoms with Gasteiger partial charge >= 0.3 is 0 Å². The Hall–Kier alpha value is -3.35. The maximum Gasteiger partial charge on any atom is 0.291 e. The summed E-state index contributed by atoms with van der Waals surface area (Å²) in [5.41, 5.74) is 1.12. The molecule has 0 fully saturated rings. The summed E-state index contributed by atoms with van der Waals surface area (Å²) < 4.78 is 8.67. The minimum absolute atomic E-state index is 0.155. The third kappa shape index (κ3) is 2.89. The summed E-state index contributed by atoms with van der Waals surface area (Å²) in [7, 11) is 1.62. The molecule has 0 bridgehead atoms. The molecule has 1 atom stereocenters. The zero-order valence-electron chi connectivity index (χ0n) is 16.1. The summed E-state index contributed by atoms with van der Waals surface area (Å²) in [6.45, 7) is 4.11. The number of nitrogens with one attached hydrogen (secondary N) is 1. The molecular formula is C21H22N4O3. The maximum absolute atomic E-state index is 13.0. The molecule has 4 aromatic rings. The normalized spacial score (nSPS) is 12.5. The molecule has 1 N–H and O–H groups in total. The maximum atomic E-state index is 13.0. The van der Waals surface area contributed by atoms with Crippen molar-refractivity contribution in [2.75, 3.05) is 0 Å². The lowest BCUT2D eigenvalue weighted by Gasteiger charge is -2.19. The van der Waals surface area contributed by atoms with Crippen LogP contribution in [0.4, 0.5) is 0 Å². The van der Waals surface area contributed by atoms with Crippen molar-refractivity contribution in [1.29, 1.82) is 0 Å². The molecule has 3 aromatic heterocycles. The fraction of sp³-hybridized carbons (Fsp3) is 0.286. The van der Waals surface area contributed by atoms with E-state index in [1.165, 1.54) is 4.68 Å². The van der Waals surface area contributed by atoms with E-state index in [9.17, 15) is 9.59 Å². The van der Waals surface area contributed by atoms with Gasteiger partial charge in [-0.2, -0.15) is 5.10 Å². The van der Waals surface area contributed by atoms with Crippen LogP contribution in [-0.2, 0) is 18.4 Å². The average molecular weight is 378 g/mol. The number of aryl methyl sites for hydroxylation is 2. The van der Waals surface area contributed by atoms with Crippen molar-refractivity contribution >= 4 is 27.7 Å². The van der Waals surface area contributed by atoms with E-state index in [4.69, 9.17) is 4.42 Å². The van der Waals surface area contributed by atoms with Gasteiger partial charge in [-0.3, -0.25) is 9.59 Å². The standard InChI is InChI=1S/C21H22N4O3/c1-4-17(20(26)22-11-14-10-9-13(2)28-14)25-18-8-6-5-7-15(18)16-12-23-24(3)21(27)19(16)25/h5-10,12,17H,4,11H2,1-3H3,(H,22,26)/t17-/m0/s1. The first-order chi connectivity index (χ1) is 13.5. The lowest BCUT2D eigenvalue weighted by Crippen LogP contribution is -2.33. The van der Waals surface area contributed by atoms with Crippen molar-refractivity contribution in [2.45, 2.75) is 32.9 Å². The lowest BCUT2D eigenvalue weighted by atomic mass is 10.2. The Balaban J connectivity index is 1.81. The van der Waals surface area contributed by atoms with Gasteiger partial charge in [0.25, 0.3) is 5.56 Å². The highest BCUT2D eigenvalue weighted by atomic mass is 16.3. The van der Waals surface area contributed by atoms with Gasteiger partial charge in [-0.15, -0.1) is 0 Å². The highest BCUT2D eigenvalue weighted by Crippen LogP contribution is 2.30. The van der Waals surface area contributed by atoms with Crippen molar-refractivity contribution in [3.8, 4) is 0 Å². The van der Waals surface area contributed by atoms with Crippen molar-refractivity contribution in [3.05, 3.63) is 64.5 Å². The largest absolute Gasteiger partial charge is 0.465 e. The number of carbonyl (C=O) groups excluding carboxylic acids is 1. The molecular weight excluding hydrogens is 356 g/mol. The second-order valence-electron chi connectivity index (χ2n) is 6.88. The van der Waals surface area contributed by atoms with Crippen LogP contribution in [0.5, 0.6) is 0 Å². The first kappa shape index (κ1) is 18.0. The fourth-order valence-corrected chi connectivity index (χ4v) is 3.67. The van der Waals surface area contributed by atoms with E-state index in [0.717, 1.165) is 22.0 Å². The van der Waals surface area contributed by atoms with E-state index in [2.05, 4.69) is 10.4 Å². The first-order valence-electron chi connectivity index (χ1n) is 9.29. The van der Waals surface area contributed by atoms with Crippen LogP contribution >= 0.6 is 0 Å². The molecule has 0 spiro atoms. The number of benzene rings is 1. The molecule has 0 saturated carbocycles. The first-order valence-corrected chi connectivity index (χ1v) is 9.29. The van der Waals surface area contributed by atoms with Gasteiger partial charge in [0, 0.05) is 17.8 Å². The Labute approximate surface area is 161 Å². The molecule has 3 heterocycles. The van der Waals surface area contributed by atoms with Crippen LogP contribution in [0.2, 0.25) is 0 Å². The van der Waals surface area contributed by atoms with E-state index in [1.54, 1.807) is 13.2 Å². The Morgan fingerprint density at radius 3 is 2.71 bits per heavy atom. The SMILES string of the molecule is CC[C@@H](C(=O)NCc1ccc(C)o1)n1c2ccccc2c2cnn(C)c(=O)c21.